The van der Waals surface area contributed by atoms with E-state index in [1.165, 1.54) is 6.08 Å². The zero-order valence-corrected chi connectivity index (χ0v) is 17.3. The van der Waals surface area contributed by atoms with Crippen molar-refractivity contribution in [1.29, 1.82) is 0 Å². The van der Waals surface area contributed by atoms with Crippen LogP contribution in [-0.4, -0.2) is 26.0 Å². The average molecular weight is 429 g/mol. The Labute approximate surface area is 168 Å². The predicted molar refractivity (Wildman–Crippen MR) is 106 cm³/mol. The van der Waals surface area contributed by atoms with Crippen molar-refractivity contribution >= 4 is 52.6 Å². The summed E-state index contributed by atoms with van der Waals surface area (Å²) in [7, 11) is 0. The minimum Gasteiger partial charge on any atom is -0.490 e. The van der Waals surface area contributed by atoms with Gasteiger partial charge in [0, 0.05) is 30.2 Å². The molecular weight excluding hydrogens is 408 g/mol. The van der Waals surface area contributed by atoms with E-state index in [2.05, 4.69) is 5.16 Å². The van der Waals surface area contributed by atoms with Gasteiger partial charge in [0.1, 0.15) is 23.5 Å². The normalized spacial score (nSPS) is 11.5. The van der Waals surface area contributed by atoms with Crippen LogP contribution in [0.5, 0.6) is 11.5 Å². The Bertz CT molecular complexity index is 585. The number of ether oxygens (including phenoxy) is 2. The van der Waals surface area contributed by atoms with Crippen molar-refractivity contribution in [1.82, 2.24) is 0 Å². The molecule has 1 aromatic carbocycles. The van der Waals surface area contributed by atoms with Gasteiger partial charge in [-0.3, -0.25) is 0 Å². The summed E-state index contributed by atoms with van der Waals surface area (Å²) in [5.74, 6) is 0.896. The molecule has 0 amide bonds. The summed E-state index contributed by atoms with van der Waals surface area (Å²) in [4.78, 5) is 5.17. The molecule has 8 heteroatoms. The van der Waals surface area contributed by atoms with Crippen LogP contribution in [0, 0.1) is 5.41 Å². The maximum absolute atomic E-state index is 6.18. The van der Waals surface area contributed by atoms with Crippen molar-refractivity contribution in [2.45, 2.75) is 27.2 Å². The lowest BCUT2D eigenvalue weighted by atomic mass is 10.00. The standard InChI is InChI=1S/C17H21Cl4NO3/c1-17(2,3)11-22-25-7-4-6-24-16-13(18)9-12(10-14(16)19)23-8-5-15(20)21/h5,9-11H,4,6-8H2,1-3H3/b22-11+. The van der Waals surface area contributed by atoms with E-state index in [0.29, 0.717) is 41.2 Å². The molecule has 0 bridgehead atoms. The first kappa shape index (κ1) is 22.2. The Balaban J connectivity index is 2.43. The van der Waals surface area contributed by atoms with Crippen LogP contribution < -0.4 is 9.47 Å². The van der Waals surface area contributed by atoms with E-state index in [1.54, 1.807) is 18.3 Å². The van der Waals surface area contributed by atoms with Crippen molar-refractivity contribution in [3.8, 4) is 11.5 Å². The van der Waals surface area contributed by atoms with Gasteiger partial charge in [-0.2, -0.15) is 0 Å². The van der Waals surface area contributed by atoms with E-state index in [0.717, 1.165) is 0 Å². The number of oxime groups is 1. The monoisotopic (exact) mass is 427 g/mol. The van der Waals surface area contributed by atoms with Crippen LogP contribution in [0.15, 0.2) is 27.9 Å². The summed E-state index contributed by atoms with van der Waals surface area (Å²) < 4.78 is 11.2. The van der Waals surface area contributed by atoms with E-state index in [1.807, 2.05) is 20.8 Å². The molecule has 0 aromatic heterocycles. The van der Waals surface area contributed by atoms with E-state index >= 15 is 0 Å². The molecule has 0 atom stereocenters. The molecule has 0 radical (unpaired) electrons. The summed E-state index contributed by atoms with van der Waals surface area (Å²) in [6.45, 7) is 7.17. The lowest BCUT2D eigenvalue weighted by Gasteiger charge is -2.12. The van der Waals surface area contributed by atoms with Gasteiger partial charge in [-0.25, -0.2) is 0 Å². The van der Waals surface area contributed by atoms with Gasteiger partial charge in [0.05, 0.1) is 16.7 Å². The minimum absolute atomic E-state index is 0.00768. The van der Waals surface area contributed by atoms with E-state index < -0.39 is 0 Å². The molecule has 0 saturated heterocycles. The molecule has 0 aliphatic carbocycles. The van der Waals surface area contributed by atoms with Crippen LogP contribution in [0.1, 0.15) is 27.2 Å². The van der Waals surface area contributed by atoms with Crippen LogP contribution in [0.3, 0.4) is 0 Å². The van der Waals surface area contributed by atoms with Gasteiger partial charge < -0.3 is 14.3 Å². The second kappa shape index (κ2) is 11.0. The minimum atomic E-state index is -0.00768. The molecule has 0 aliphatic rings. The molecule has 0 unspecified atom stereocenters. The molecule has 1 rings (SSSR count). The van der Waals surface area contributed by atoms with Crippen LogP contribution in [0.4, 0.5) is 0 Å². The van der Waals surface area contributed by atoms with E-state index in [-0.39, 0.29) is 16.5 Å². The topological polar surface area (TPSA) is 40.0 Å². The zero-order valence-electron chi connectivity index (χ0n) is 14.3. The zero-order chi connectivity index (χ0) is 18.9. The summed E-state index contributed by atoms with van der Waals surface area (Å²) >= 11 is 23.4. The lowest BCUT2D eigenvalue weighted by Crippen LogP contribution is -2.07. The molecular formula is C17H21Cl4NO3. The summed E-state index contributed by atoms with van der Waals surface area (Å²) in [5, 5.41) is 4.62. The van der Waals surface area contributed by atoms with Crippen molar-refractivity contribution < 1.29 is 14.3 Å². The van der Waals surface area contributed by atoms with E-state index in [9.17, 15) is 0 Å². The van der Waals surface area contributed by atoms with Crippen molar-refractivity contribution in [3.05, 3.63) is 32.7 Å². The summed E-state index contributed by atoms with van der Waals surface area (Å²) in [6.07, 6.45) is 3.91. The van der Waals surface area contributed by atoms with Crippen molar-refractivity contribution in [3.63, 3.8) is 0 Å². The summed E-state index contributed by atoms with van der Waals surface area (Å²) in [5.41, 5.74) is -0.00768. The van der Waals surface area contributed by atoms with Gasteiger partial charge in [0.25, 0.3) is 0 Å². The molecule has 140 valence electrons. The first-order chi connectivity index (χ1) is 11.7. The predicted octanol–water partition coefficient (Wildman–Crippen LogP) is 6.51. The third-order valence-corrected chi connectivity index (χ3v) is 3.47. The van der Waals surface area contributed by atoms with Crippen molar-refractivity contribution in [2.75, 3.05) is 19.8 Å². The SMILES string of the molecule is CC(C)(C)/C=N/OCCCOc1c(Cl)cc(OCC=C(Cl)Cl)cc1Cl. The molecule has 0 spiro atoms. The molecule has 1 aromatic rings. The molecule has 0 aliphatic heterocycles. The first-order valence-electron chi connectivity index (χ1n) is 7.61. The Morgan fingerprint density at radius 1 is 1.08 bits per heavy atom. The average Bonchev–Trinajstić information content (AvgIpc) is 2.47. The highest BCUT2D eigenvalue weighted by atomic mass is 35.5. The van der Waals surface area contributed by atoms with Gasteiger partial charge >= 0.3 is 0 Å². The van der Waals surface area contributed by atoms with Gasteiger partial charge in [0.2, 0.25) is 0 Å². The summed E-state index contributed by atoms with van der Waals surface area (Å²) in [6, 6.07) is 3.23. The van der Waals surface area contributed by atoms with Crippen LogP contribution in [-0.2, 0) is 4.84 Å². The van der Waals surface area contributed by atoms with Crippen LogP contribution in [0.25, 0.3) is 0 Å². The van der Waals surface area contributed by atoms with Gasteiger partial charge in [0.15, 0.2) is 5.75 Å². The second-order valence-electron chi connectivity index (χ2n) is 6.16. The Morgan fingerprint density at radius 3 is 2.28 bits per heavy atom. The number of hydrogen-bond donors (Lipinski definition) is 0. The molecule has 25 heavy (non-hydrogen) atoms. The third kappa shape index (κ3) is 10.0. The number of rotatable bonds is 9. The van der Waals surface area contributed by atoms with Gasteiger partial charge in [-0.1, -0.05) is 72.3 Å². The molecule has 4 nitrogen and oxygen atoms in total. The fourth-order valence-corrected chi connectivity index (χ4v) is 2.21. The second-order valence-corrected chi connectivity index (χ2v) is 7.98. The molecule has 0 N–H and O–H groups in total. The van der Waals surface area contributed by atoms with Crippen LogP contribution in [0.2, 0.25) is 10.0 Å². The number of nitrogens with zero attached hydrogens (tertiary/aromatic N) is 1. The Morgan fingerprint density at radius 2 is 1.72 bits per heavy atom. The van der Waals surface area contributed by atoms with Crippen molar-refractivity contribution in [2.24, 2.45) is 10.6 Å². The largest absolute Gasteiger partial charge is 0.490 e. The first-order valence-corrected chi connectivity index (χ1v) is 9.12. The fraction of sp³-hybridized carbons (Fsp3) is 0.471. The van der Waals surface area contributed by atoms with Gasteiger partial charge in [-0.05, 0) is 6.08 Å². The number of halogens is 4. The quantitative estimate of drug-likeness (QED) is 0.255. The maximum atomic E-state index is 6.18. The third-order valence-electron chi connectivity index (χ3n) is 2.60. The lowest BCUT2D eigenvalue weighted by molar-refractivity contribution is 0.127. The molecule has 0 fully saturated rings. The highest BCUT2D eigenvalue weighted by molar-refractivity contribution is 6.55. The smallest absolute Gasteiger partial charge is 0.156 e. The highest BCUT2D eigenvalue weighted by Crippen LogP contribution is 2.37. The molecule has 0 saturated carbocycles. The maximum Gasteiger partial charge on any atom is 0.156 e. The number of hydrogen-bond acceptors (Lipinski definition) is 4. The van der Waals surface area contributed by atoms with Gasteiger partial charge in [-0.15, -0.1) is 0 Å². The van der Waals surface area contributed by atoms with E-state index in [4.69, 9.17) is 60.7 Å². The number of benzene rings is 1. The van der Waals surface area contributed by atoms with Crippen LogP contribution >= 0.6 is 46.4 Å². The molecule has 0 heterocycles. The highest BCUT2D eigenvalue weighted by Gasteiger charge is 2.11. The Hall–Kier alpha value is -0.810. The fourth-order valence-electron chi connectivity index (χ4n) is 1.50. The Kier molecular flexibility index (Phi) is 9.80.